The van der Waals surface area contributed by atoms with Crippen molar-refractivity contribution in [3.63, 3.8) is 0 Å². The van der Waals surface area contributed by atoms with E-state index in [0.29, 0.717) is 18.5 Å². The number of ether oxygens (including phenoxy) is 1. The van der Waals surface area contributed by atoms with Crippen LogP contribution in [0, 0.1) is 25.7 Å². The SMILES string of the molecule is Cc1c(Br)ccc(NC(=O)COC(=O)c2cccc(N3C(=O)[C@@H]4C[C@@H](Cl)[C@@H](Cl)C[C@H]4C3=O)c2)c1C. The summed E-state index contributed by atoms with van der Waals surface area (Å²) in [6.45, 7) is 3.32. The third-order valence-electron chi connectivity index (χ3n) is 6.58. The van der Waals surface area contributed by atoms with Crippen LogP contribution in [0.2, 0.25) is 0 Å². The van der Waals surface area contributed by atoms with Gasteiger partial charge in [-0.1, -0.05) is 22.0 Å². The highest BCUT2D eigenvalue weighted by Gasteiger charge is 2.52. The number of nitrogens with zero attached hydrogens (tertiary/aromatic N) is 1. The molecular formula is C25H23BrCl2N2O5. The summed E-state index contributed by atoms with van der Waals surface area (Å²) in [6.07, 6.45) is 0.658. The van der Waals surface area contributed by atoms with Crippen molar-refractivity contribution in [3.8, 4) is 0 Å². The molecule has 2 aliphatic rings. The average Bonchev–Trinajstić information content (AvgIpc) is 3.07. The van der Waals surface area contributed by atoms with Gasteiger partial charge in [0.25, 0.3) is 5.91 Å². The summed E-state index contributed by atoms with van der Waals surface area (Å²) in [6, 6.07) is 9.62. The first kappa shape index (κ1) is 25.7. The number of rotatable bonds is 5. The number of carbonyl (C=O) groups excluding carboxylic acids is 4. The molecule has 184 valence electrons. The Balaban J connectivity index is 1.42. The van der Waals surface area contributed by atoms with Crippen LogP contribution < -0.4 is 10.2 Å². The van der Waals surface area contributed by atoms with Gasteiger partial charge in [-0.2, -0.15) is 0 Å². The topological polar surface area (TPSA) is 92.8 Å². The van der Waals surface area contributed by atoms with E-state index in [2.05, 4.69) is 21.2 Å². The summed E-state index contributed by atoms with van der Waals surface area (Å²) in [5, 5.41) is 1.97. The standard InChI is InChI=1S/C25H23BrCl2N2O5/c1-12-13(2)21(7-6-18(12)26)29-22(31)11-35-25(34)14-4-3-5-15(8-14)30-23(32)16-9-19(27)20(28)10-17(16)24(30)33/h3-8,16-17,19-20H,9-11H2,1-2H3,(H,29,31)/t16-,17-,19-,20+/m1/s1. The summed E-state index contributed by atoms with van der Waals surface area (Å²) in [5.74, 6) is -2.98. The second kappa shape index (κ2) is 10.3. The first-order chi connectivity index (χ1) is 16.6. The number of anilines is 2. The second-order valence-corrected chi connectivity index (χ2v) is 10.7. The van der Waals surface area contributed by atoms with Crippen LogP contribution in [0.1, 0.15) is 34.3 Å². The Morgan fingerprint density at radius 2 is 1.66 bits per heavy atom. The molecule has 0 unspecified atom stereocenters. The van der Waals surface area contributed by atoms with E-state index in [0.717, 1.165) is 20.5 Å². The maximum atomic E-state index is 13.0. The number of benzene rings is 2. The molecule has 1 saturated heterocycles. The van der Waals surface area contributed by atoms with Gasteiger partial charge in [0.15, 0.2) is 6.61 Å². The van der Waals surface area contributed by atoms with E-state index in [9.17, 15) is 19.2 Å². The largest absolute Gasteiger partial charge is 0.452 e. The number of esters is 1. The van der Waals surface area contributed by atoms with Gasteiger partial charge in [0.2, 0.25) is 11.8 Å². The minimum absolute atomic E-state index is 0.117. The monoisotopic (exact) mass is 580 g/mol. The van der Waals surface area contributed by atoms with E-state index < -0.39 is 30.3 Å². The van der Waals surface area contributed by atoms with Gasteiger partial charge in [-0.25, -0.2) is 4.79 Å². The fourth-order valence-corrected chi connectivity index (χ4v) is 5.46. The van der Waals surface area contributed by atoms with Crippen molar-refractivity contribution < 1.29 is 23.9 Å². The highest BCUT2D eigenvalue weighted by atomic mass is 79.9. The number of halogens is 3. The van der Waals surface area contributed by atoms with Crippen LogP contribution in [-0.4, -0.2) is 41.1 Å². The van der Waals surface area contributed by atoms with Crippen molar-refractivity contribution in [2.45, 2.75) is 37.4 Å². The third kappa shape index (κ3) is 5.10. The summed E-state index contributed by atoms with van der Waals surface area (Å²) in [4.78, 5) is 52.0. The molecule has 0 aromatic heterocycles. The first-order valence-corrected chi connectivity index (χ1v) is 12.7. The Bertz CT molecular complexity index is 1190. The number of hydrogen-bond donors (Lipinski definition) is 1. The quantitative estimate of drug-likeness (QED) is 0.305. The summed E-state index contributed by atoms with van der Waals surface area (Å²) in [7, 11) is 0. The molecule has 1 heterocycles. The molecule has 0 radical (unpaired) electrons. The van der Waals surface area contributed by atoms with Gasteiger partial charge in [0, 0.05) is 10.2 Å². The van der Waals surface area contributed by atoms with Gasteiger partial charge in [-0.15, -0.1) is 23.2 Å². The molecule has 1 aliphatic heterocycles. The minimum atomic E-state index is -0.746. The van der Waals surface area contributed by atoms with Gasteiger partial charge in [0.1, 0.15) is 0 Å². The molecule has 10 heteroatoms. The van der Waals surface area contributed by atoms with Crippen molar-refractivity contribution in [1.29, 1.82) is 0 Å². The molecule has 4 rings (SSSR count). The molecule has 0 bridgehead atoms. The Hall–Kier alpha value is -2.42. The van der Waals surface area contributed by atoms with Crippen LogP contribution in [0.15, 0.2) is 40.9 Å². The molecule has 35 heavy (non-hydrogen) atoms. The molecule has 1 saturated carbocycles. The lowest BCUT2D eigenvalue weighted by atomic mass is 9.80. The fraction of sp³-hybridized carbons (Fsp3) is 0.360. The van der Waals surface area contributed by atoms with Gasteiger partial charge in [-0.3, -0.25) is 19.3 Å². The van der Waals surface area contributed by atoms with Crippen molar-refractivity contribution >= 4 is 74.2 Å². The van der Waals surface area contributed by atoms with Crippen LogP contribution >= 0.6 is 39.1 Å². The molecule has 3 amide bonds. The Kier molecular flexibility index (Phi) is 7.54. The van der Waals surface area contributed by atoms with Gasteiger partial charge in [-0.05, 0) is 68.1 Å². The van der Waals surface area contributed by atoms with Gasteiger partial charge in [0.05, 0.1) is 33.8 Å². The lowest BCUT2D eigenvalue weighted by Crippen LogP contribution is -2.34. The third-order valence-corrected chi connectivity index (χ3v) is 8.53. The molecule has 2 aromatic carbocycles. The van der Waals surface area contributed by atoms with Gasteiger partial charge >= 0.3 is 5.97 Å². The number of carbonyl (C=O) groups is 4. The van der Waals surface area contributed by atoms with Crippen molar-refractivity contribution in [2.24, 2.45) is 11.8 Å². The van der Waals surface area contributed by atoms with Crippen LogP contribution in [0.4, 0.5) is 11.4 Å². The Labute approximate surface area is 221 Å². The fourth-order valence-electron chi connectivity index (χ4n) is 4.45. The van der Waals surface area contributed by atoms with E-state index >= 15 is 0 Å². The number of hydrogen-bond acceptors (Lipinski definition) is 5. The number of alkyl halides is 2. The van der Waals surface area contributed by atoms with E-state index in [1.165, 1.54) is 12.1 Å². The van der Waals surface area contributed by atoms with E-state index in [1.54, 1.807) is 18.2 Å². The molecular weight excluding hydrogens is 559 g/mol. The zero-order valence-corrected chi connectivity index (χ0v) is 22.1. The van der Waals surface area contributed by atoms with Crippen molar-refractivity contribution in [2.75, 3.05) is 16.8 Å². The number of imide groups is 1. The molecule has 4 atom stereocenters. The van der Waals surface area contributed by atoms with E-state index in [1.807, 2.05) is 19.9 Å². The lowest BCUT2D eigenvalue weighted by Gasteiger charge is -2.28. The second-order valence-electron chi connectivity index (χ2n) is 8.75. The predicted molar refractivity (Wildman–Crippen MR) is 137 cm³/mol. The normalized spacial score (nSPS) is 23.7. The lowest BCUT2D eigenvalue weighted by molar-refractivity contribution is -0.122. The summed E-state index contributed by atoms with van der Waals surface area (Å²) in [5.41, 5.74) is 2.90. The maximum Gasteiger partial charge on any atom is 0.338 e. The van der Waals surface area contributed by atoms with Crippen LogP contribution in [0.3, 0.4) is 0 Å². The van der Waals surface area contributed by atoms with Crippen molar-refractivity contribution in [1.82, 2.24) is 0 Å². The van der Waals surface area contributed by atoms with Crippen LogP contribution in [0.5, 0.6) is 0 Å². The first-order valence-electron chi connectivity index (χ1n) is 11.1. The zero-order valence-electron chi connectivity index (χ0n) is 19.0. The van der Waals surface area contributed by atoms with E-state index in [4.69, 9.17) is 27.9 Å². The summed E-state index contributed by atoms with van der Waals surface area (Å²) >= 11 is 15.9. The molecule has 7 nitrogen and oxygen atoms in total. The zero-order chi connectivity index (χ0) is 25.4. The number of nitrogens with one attached hydrogen (secondary N) is 1. The Morgan fingerprint density at radius 3 is 2.29 bits per heavy atom. The number of amides is 3. The summed E-state index contributed by atoms with van der Waals surface area (Å²) < 4.78 is 6.10. The average molecular weight is 582 g/mol. The minimum Gasteiger partial charge on any atom is -0.452 e. The highest BCUT2D eigenvalue weighted by Crippen LogP contribution is 2.43. The van der Waals surface area contributed by atoms with Crippen LogP contribution in [-0.2, 0) is 19.1 Å². The highest BCUT2D eigenvalue weighted by molar-refractivity contribution is 9.10. The van der Waals surface area contributed by atoms with Gasteiger partial charge < -0.3 is 10.1 Å². The number of fused-ring (bicyclic) bond motifs is 1. The molecule has 1 aliphatic carbocycles. The Morgan fingerprint density at radius 1 is 1.03 bits per heavy atom. The van der Waals surface area contributed by atoms with E-state index in [-0.39, 0.29) is 33.8 Å². The van der Waals surface area contributed by atoms with Crippen LogP contribution in [0.25, 0.3) is 0 Å². The smallest absolute Gasteiger partial charge is 0.338 e. The molecule has 1 N–H and O–H groups in total. The van der Waals surface area contributed by atoms with Crippen molar-refractivity contribution in [3.05, 3.63) is 57.6 Å². The molecule has 2 fully saturated rings. The predicted octanol–water partition coefficient (Wildman–Crippen LogP) is 4.98. The molecule has 2 aromatic rings. The maximum absolute atomic E-state index is 13.0. The molecule has 0 spiro atoms.